The van der Waals surface area contributed by atoms with Crippen LogP contribution in [-0.2, 0) is 0 Å². The fourth-order valence-corrected chi connectivity index (χ4v) is 2.52. The fraction of sp³-hybridized carbons (Fsp3) is 0.0909. The first-order valence-electron chi connectivity index (χ1n) is 8.42. The van der Waals surface area contributed by atoms with Crippen molar-refractivity contribution in [2.75, 3.05) is 11.9 Å². The van der Waals surface area contributed by atoms with Crippen molar-refractivity contribution in [2.24, 2.45) is 5.10 Å². The van der Waals surface area contributed by atoms with Crippen LogP contribution in [0.25, 0.3) is 0 Å². The number of hydrogen-bond donors (Lipinski definition) is 1. The van der Waals surface area contributed by atoms with Crippen LogP contribution in [-0.4, -0.2) is 19.2 Å². The highest BCUT2D eigenvalue weighted by molar-refractivity contribution is 5.94. The van der Waals surface area contributed by atoms with Crippen LogP contribution in [0.5, 0.6) is 0 Å². The van der Waals surface area contributed by atoms with E-state index in [1.807, 2.05) is 68.6 Å². The van der Waals surface area contributed by atoms with E-state index in [1.165, 1.54) is 0 Å². The highest BCUT2D eigenvalue weighted by Gasteiger charge is 2.04. The molecule has 4 nitrogen and oxygen atoms in total. The summed E-state index contributed by atoms with van der Waals surface area (Å²) in [5.74, 6) is -0.221. The second-order valence-corrected chi connectivity index (χ2v) is 6.05. The molecule has 0 saturated carbocycles. The minimum atomic E-state index is -0.221. The first-order valence-corrected chi connectivity index (χ1v) is 8.42. The third-order valence-electron chi connectivity index (χ3n) is 4.12. The number of aryl methyl sites for hydroxylation is 1. The van der Waals surface area contributed by atoms with Crippen LogP contribution in [0.3, 0.4) is 0 Å². The van der Waals surface area contributed by atoms with Crippen molar-refractivity contribution in [3.8, 4) is 0 Å². The van der Waals surface area contributed by atoms with E-state index in [1.54, 1.807) is 18.3 Å². The van der Waals surface area contributed by atoms with Crippen molar-refractivity contribution in [1.29, 1.82) is 0 Å². The molecule has 0 radical (unpaired) electrons. The number of hydrazone groups is 1. The van der Waals surface area contributed by atoms with Crippen molar-refractivity contribution < 1.29 is 4.79 Å². The van der Waals surface area contributed by atoms with E-state index in [-0.39, 0.29) is 5.91 Å². The van der Waals surface area contributed by atoms with Gasteiger partial charge < -0.3 is 4.90 Å². The van der Waals surface area contributed by atoms with Crippen molar-refractivity contribution in [1.82, 2.24) is 5.43 Å². The Morgan fingerprint density at radius 1 is 0.885 bits per heavy atom. The van der Waals surface area contributed by atoms with Crippen molar-refractivity contribution in [2.45, 2.75) is 6.92 Å². The predicted octanol–water partition coefficient (Wildman–Crippen LogP) is 4.53. The number of anilines is 2. The SMILES string of the molecule is Cc1ccc(C(=O)N/N=C\c2ccc(N(C)c3ccccc3)cc2)cc1. The number of rotatable bonds is 5. The maximum absolute atomic E-state index is 12.0. The van der Waals surface area contributed by atoms with E-state index in [0.29, 0.717) is 5.56 Å². The Morgan fingerprint density at radius 2 is 1.50 bits per heavy atom. The first kappa shape index (κ1) is 17.4. The zero-order chi connectivity index (χ0) is 18.4. The fourth-order valence-electron chi connectivity index (χ4n) is 2.52. The van der Waals surface area contributed by atoms with Crippen LogP contribution in [0.15, 0.2) is 84.0 Å². The lowest BCUT2D eigenvalue weighted by Gasteiger charge is -2.19. The molecular formula is C22H21N3O. The number of nitrogens with zero attached hydrogens (tertiary/aromatic N) is 2. The molecule has 0 spiro atoms. The van der Waals surface area contributed by atoms with E-state index in [2.05, 4.69) is 27.6 Å². The average Bonchev–Trinajstić information content (AvgIpc) is 2.69. The second-order valence-electron chi connectivity index (χ2n) is 6.05. The Bertz CT molecular complexity index is 885. The number of carbonyl (C=O) groups excluding carboxylic acids is 1. The molecule has 0 aromatic heterocycles. The van der Waals surface area contributed by atoms with E-state index in [0.717, 1.165) is 22.5 Å². The summed E-state index contributed by atoms with van der Waals surface area (Å²) in [6, 6.07) is 25.5. The Labute approximate surface area is 153 Å². The number of amides is 1. The molecule has 0 aliphatic heterocycles. The van der Waals surface area contributed by atoms with Gasteiger partial charge in [0.25, 0.3) is 5.91 Å². The van der Waals surface area contributed by atoms with Gasteiger partial charge in [-0.3, -0.25) is 4.79 Å². The lowest BCUT2D eigenvalue weighted by atomic mass is 10.1. The van der Waals surface area contributed by atoms with E-state index in [9.17, 15) is 4.79 Å². The monoisotopic (exact) mass is 343 g/mol. The van der Waals surface area contributed by atoms with Gasteiger partial charge in [-0.25, -0.2) is 5.43 Å². The molecule has 0 saturated heterocycles. The maximum atomic E-state index is 12.0. The van der Waals surface area contributed by atoms with Crippen molar-refractivity contribution in [3.63, 3.8) is 0 Å². The third kappa shape index (κ3) is 4.36. The van der Waals surface area contributed by atoms with E-state index >= 15 is 0 Å². The molecule has 3 rings (SSSR count). The number of para-hydroxylation sites is 1. The minimum absolute atomic E-state index is 0.221. The summed E-state index contributed by atoms with van der Waals surface area (Å²) in [6.45, 7) is 1.98. The molecule has 0 unspecified atom stereocenters. The Hall–Kier alpha value is -3.40. The van der Waals surface area contributed by atoms with Crippen LogP contribution in [0.4, 0.5) is 11.4 Å². The molecule has 0 atom stereocenters. The third-order valence-corrected chi connectivity index (χ3v) is 4.12. The van der Waals surface area contributed by atoms with Gasteiger partial charge in [-0.05, 0) is 48.9 Å². The van der Waals surface area contributed by atoms with Gasteiger partial charge in [-0.1, -0.05) is 48.0 Å². The zero-order valence-corrected chi connectivity index (χ0v) is 14.9. The predicted molar refractivity (Wildman–Crippen MR) is 107 cm³/mol. The molecular weight excluding hydrogens is 322 g/mol. The number of carbonyl (C=O) groups is 1. The van der Waals surface area contributed by atoms with Crippen LogP contribution >= 0.6 is 0 Å². The largest absolute Gasteiger partial charge is 0.345 e. The van der Waals surface area contributed by atoms with Crippen LogP contribution in [0.2, 0.25) is 0 Å². The number of benzene rings is 3. The van der Waals surface area contributed by atoms with Gasteiger partial charge in [-0.15, -0.1) is 0 Å². The summed E-state index contributed by atoms with van der Waals surface area (Å²) >= 11 is 0. The smallest absolute Gasteiger partial charge is 0.271 e. The molecule has 0 bridgehead atoms. The Morgan fingerprint density at radius 3 is 2.15 bits per heavy atom. The lowest BCUT2D eigenvalue weighted by molar-refractivity contribution is 0.0955. The summed E-state index contributed by atoms with van der Waals surface area (Å²) < 4.78 is 0. The molecule has 3 aromatic rings. The summed E-state index contributed by atoms with van der Waals surface area (Å²) in [4.78, 5) is 14.1. The molecule has 1 amide bonds. The molecule has 0 aliphatic carbocycles. The van der Waals surface area contributed by atoms with Gasteiger partial charge in [0.15, 0.2) is 0 Å². The van der Waals surface area contributed by atoms with Gasteiger partial charge >= 0.3 is 0 Å². The van der Waals surface area contributed by atoms with Crippen LogP contribution < -0.4 is 10.3 Å². The van der Waals surface area contributed by atoms with Crippen LogP contribution in [0, 0.1) is 6.92 Å². The van der Waals surface area contributed by atoms with Gasteiger partial charge in [0, 0.05) is 24.0 Å². The molecule has 0 heterocycles. The summed E-state index contributed by atoms with van der Waals surface area (Å²) in [7, 11) is 2.03. The zero-order valence-electron chi connectivity index (χ0n) is 14.9. The van der Waals surface area contributed by atoms with Gasteiger partial charge in [0.1, 0.15) is 0 Å². The molecule has 130 valence electrons. The molecule has 0 fully saturated rings. The number of hydrogen-bond acceptors (Lipinski definition) is 3. The summed E-state index contributed by atoms with van der Waals surface area (Å²) in [5.41, 5.74) is 7.38. The van der Waals surface area contributed by atoms with Gasteiger partial charge in [0.2, 0.25) is 0 Å². The van der Waals surface area contributed by atoms with E-state index < -0.39 is 0 Å². The Kier molecular flexibility index (Phi) is 5.44. The average molecular weight is 343 g/mol. The highest BCUT2D eigenvalue weighted by atomic mass is 16.2. The van der Waals surface area contributed by atoms with Crippen molar-refractivity contribution >= 4 is 23.5 Å². The topological polar surface area (TPSA) is 44.7 Å². The first-order chi connectivity index (χ1) is 12.6. The van der Waals surface area contributed by atoms with Gasteiger partial charge in [-0.2, -0.15) is 5.10 Å². The lowest BCUT2D eigenvalue weighted by Crippen LogP contribution is -2.17. The van der Waals surface area contributed by atoms with E-state index in [4.69, 9.17) is 0 Å². The number of nitrogens with one attached hydrogen (secondary N) is 1. The molecule has 26 heavy (non-hydrogen) atoms. The Balaban J connectivity index is 1.61. The quantitative estimate of drug-likeness (QED) is 0.546. The standard InChI is InChI=1S/C22H21N3O/c1-17-8-12-19(13-9-17)22(26)24-23-16-18-10-14-21(15-11-18)25(2)20-6-4-3-5-7-20/h3-16H,1-2H3,(H,24,26)/b23-16-. The molecule has 0 aliphatic rings. The van der Waals surface area contributed by atoms with Gasteiger partial charge in [0.05, 0.1) is 6.21 Å². The molecule has 4 heteroatoms. The van der Waals surface area contributed by atoms with Crippen LogP contribution in [0.1, 0.15) is 21.5 Å². The second kappa shape index (κ2) is 8.12. The molecule has 1 N–H and O–H groups in total. The van der Waals surface area contributed by atoms with Crippen molar-refractivity contribution in [3.05, 3.63) is 95.6 Å². The molecule has 3 aromatic carbocycles. The maximum Gasteiger partial charge on any atom is 0.271 e. The minimum Gasteiger partial charge on any atom is -0.345 e. The summed E-state index contributed by atoms with van der Waals surface area (Å²) in [6.07, 6.45) is 1.64. The highest BCUT2D eigenvalue weighted by Crippen LogP contribution is 2.22. The normalized spacial score (nSPS) is 10.7. The summed E-state index contributed by atoms with van der Waals surface area (Å²) in [5, 5.41) is 4.03.